The molecular weight excluding hydrogens is 230 g/mol. The Morgan fingerprint density at radius 2 is 1.16 bits per heavy atom. The van der Waals surface area contributed by atoms with Crippen molar-refractivity contribution >= 4 is 0 Å². The van der Waals surface area contributed by atoms with Gasteiger partial charge in [-0.2, -0.15) is 5.26 Å². The van der Waals surface area contributed by atoms with Gasteiger partial charge in [0.25, 0.3) is 0 Å². The first-order valence-corrected chi connectivity index (χ1v) is 8.43. The summed E-state index contributed by atoms with van der Waals surface area (Å²) in [5.41, 5.74) is 0. The molecule has 0 spiro atoms. The van der Waals surface area contributed by atoms with Gasteiger partial charge in [0, 0.05) is 6.42 Å². The van der Waals surface area contributed by atoms with E-state index in [2.05, 4.69) is 25.1 Å². The van der Waals surface area contributed by atoms with E-state index in [1.807, 2.05) is 0 Å². The number of hydrogen-bond donors (Lipinski definition) is 0. The van der Waals surface area contributed by atoms with E-state index < -0.39 is 0 Å². The molecule has 110 valence electrons. The molecule has 0 rings (SSSR count). The van der Waals surface area contributed by atoms with Gasteiger partial charge in [-0.1, -0.05) is 70.4 Å². The van der Waals surface area contributed by atoms with Crippen LogP contribution in [0, 0.1) is 11.3 Å². The van der Waals surface area contributed by atoms with Crippen LogP contribution in [0.5, 0.6) is 0 Å². The highest BCUT2D eigenvalue weighted by molar-refractivity contribution is 4.81. The first-order valence-electron chi connectivity index (χ1n) is 8.43. The van der Waals surface area contributed by atoms with Crippen LogP contribution in [0.15, 0.2) is 12.2 Å². The van der Waals surface area contributed by atoms with Gasteiger partial charge in [0.2, 0.25) is 0 Å². The van der Waals surface area contributed by atoms with Gasteiger partial charge in [-0.25, -0.2) is 0 Å². The van der Waals surface area contributed by atoms with Crippen molar-refractivity contribution in [1.29, 1.82) is 5.26 Å². The largest absolute Gasteiger partial charge is 0.198 e. The van der Waals surface area contributed by atoms with Crippen molar-refractivity contribution < 1.29 is 0 Å². The maximum Gasteiger partial charge on any atom is 0.0621 e. The van der Waals surface area contributed by atoms with Gasteiger partial charge in [0.1, 0.15) is 0 Å². The van der Waals surface area contributed by atoms with Crippen LogP contribution in [0.2, 0.25) is 0 Å². The van der Waals surface area contributed by atoms with E-state index in [0.717, 1.165) is 12.8 Å². The number of hydrogen-bond acceptors (Lipinski definition) is 1. The third kappa shape index (κ3) is 17.2. The van der Waals surface area contributed by atoms with Gasteiger partial charge in [0.15, 0.2) is 0 Å². The zero-order valence-corrected chi connectivity index (χ0v) is 13.0. The monoisotopic (exact) mass is 263 g/mol. The molecule has 0 fully saturated rings. The Balaban J connectivity index is 3.03. The normalized spacial score (nSPS) is 10.9. The van der Waals surface area contributed by atoms with Crippen molar-refractivity contribution in [3.8, 4) is 6.07 Å². The van der Waals surface area contributed by atoms with Crippen LogP contribution < -0.4 is 0 Å². The summed E-state index contributed by atoms with van der Waals surface area (Å²) in [6, 6.07) is 2.20. The number of nitrogens with zero attached hydrogens (tertiary/aromatic N) is 1. The molecule has 0 N–H and O–H groups in total. The summed E-state index contributed by atoms with van der Waals surface area (Å²) in [5.74, 6) is 0. The first kappa shape index (κ1) is 18.2. The minimum Gasteiger partial charge on any atom is -0.198 e. The van der Waals surface area contributed by atoms with Crippen LogP contribution in [0.25, 0.3) is 0 Å². The zero-order valence-electron chi connectivity index (χ0n) is 13.0. The maximum absolute atomic E-state index is 8.41. The third-order valence-corrected chi connectivity index (χ3v) is 3.55. The lowest BCUT2D eigenvalue weighted by Gasteiger charge is -1.98. The van der Waals surface area contributed by atoms with Crippen molar-refractivity contribution in [2.75, 3.05) is 0 Å². The van der Waals surface area contributed by atoms with E-state index in [1.54, 1.807) is 0 Å². The first-order chi connectivity index (χ1) is 9.41. The molecule has 0 aromatic carbocycles. The van der Waals surface area contributed by atoms with E-state index in [-0.39, 0.29) is 0 Å². The number of allylic oxidation sites excluding steroid dienone is 2. The number of unbranched alkanes of at least 4 members (excludes halogenated alkanes) is 12. The summed E-state index contributed by atoms with van der Waals surface area (Å²) < 4.78 is 0. The SMILES string of the molecule is CCCCCCCC/C=C/CCCCCCCC#N. The standard InChI is InChI=1S/C18H33N/c1-2-3-4-5-6-7-8-9-10-11-12-13-14-15-16-17-18-19/h9-10H,2-8,11-17H2,1H3/b10-9+. The molecule has 0 bridgehead atoms. The van der Waals surface area contributed by atoms with Crippen LogP contribution >= 0.6 is 0 Å². The fourth-order valence-corrected chi connectivity index (χ4v) is 2.27. The van der Waals surface area contributed by atoms with E-state index in [0.29, 0.717) is 0 Å². The summed E-state index contributed by atoms with van der Waals surface area (Å²) in [6.45, 7) is 2.27. The number of rotatable bonds is 14. The molecule has 0 aliphatic rings. The molecule has 0 radical (unpaired) electrons. The molecule has 0 heterocycles. The van der Waals surface area contributed by atoms with Gasteiger partial charge in [0.05, 0.1) is 6.07 Å². The minimum absolute atomic E-state index is 0.734. The quantitative estimate of drug-likeness (QED) is 0.257. The topological polar surface area (TPSA) is 23.8 Å². The average molecular weight is 263 g/mol. The molecule has 0 unspecified atom stereocenters. The second kappa shape index (κ2) is 17.2. The summed E-state index contributed by atoms with van der Waals surface area (Å²) in [5, 5.41) is 8.41. The Bertz CT molecular complexity index is 224. The molecule has 1 heteroatoms. The molecule has 0 amide bonds. The van der Waals surface area contributed by atoms with Gasteiger partial charge in [-0.15, -0.1) is 0 Å². The van der Waals surface area contributed by atoms with Crippen molar-refractivity contribution in [3.05, 3.63) is 12.2 Å². The molecule has 0 atom stereocenters. The van der Waals surface area contributed by atoms with Crippen molar-refractivity contribution in [3.63, 3.8) is 0 Å². The minimum atomic E-state index is 0.734. The highest BCUT2D eigenvalue weighted by atomic mass is 14.2. The maximum atomic E-state index is 8.41. The van der Waals surface area contributed by atoms with Gasteiger partial charge in [-0.3, -0.25) is 0 Å². The van der Waals surface area contributed by atoms with Crippen molar-refractivity contribution in [1.82, 2.24) is 0 Å². The second-order valence-corrected chi connectivity index (χ2v) is 5.49. The Hall–Kier alpha value is -0.770. The smallest absolute Gasteiger partial charge is 0.0621 e. The van der Waals surface area contributed by atoms with Crippen LogP contribution in [0.3, 0.4) is 0 Å². The van der Waals surface area contributed by atoms with Gasteiger partial charge in [-0.05, 0) is 32.1 Å². The molecule has 0 aromatic rings. The van der Waals surface area contributed by atoms with Crippen LogP contribution in [-0.4, -0.2) is 0 Å². The fraction of sp³-hybridized carbons (Fsp3) is 0.833. The molecule has 0 aliphatic heterocycles. The predicted molar refractivity (Wildman–Crippen MR) is 85.1 cm³/mol. The third-order valence-electron chi connectivity index (χ3n) is 3.55. The lowest BCUT2D eigenvalue weighted by Crippen LogP contribution is -1.79. The fourth-order valence-electron chi connectivity index (χ4n) is 2.27. The predicted octanol–water partition coefficient (Wildman–Crippen LogP) is 6.55. The average Bonchev–Trinajstić information content (AvgIpc) is 2.43. The molecule has 0 saturated carbocycles. The summed E-state index contributed by atoms with van der Waals surface area (Å²) >= 11 is 0. The van der Waals surface area contributed by atoms with E-state index in [9.17, 15) is 0 Å². The van der Waals surface area contributed by atoms with Crippen molar-refractivity contribution in [2.24, 2.45) is 0 Å². The zero-order chi connectivity index (χ0) is 14.0. The Morgan fingerprint density at radius 3 is 1.68 bits per heavy atom. The molecule has 0 aliphatic carbocycles. The molecule has 1 nitrogen and oxygen atoms in total. The van der Waals surface area contributed by atoms with Gasteiger partial charge < -0.3 is 0 Å². The summed E-state index contributed by atoms with van der Waals surface area (Å²) in [7, 11) is 0. The Kier molecular flexibility index (Phi) is 16.5. The Labute approximate surface area is 121 Å². The highest BCUT2D eigenvalue weighted by Gasteiger charge is 1.90. The van der Waals surface area contributed by atoms with E-state index in [1.165, 1.54) is 77.0 Å². The van der Waals surface area contributed by atoms with E-state index >= 15 is 0 Å². The second-order valence-electron chi connectivity index (χ2n) is 5.49. The summed E-state index contributed by atoms with van der Waals surface area (Å²) in [6.07, 6.45) is 22.6. The lowest BCUT2D eigenvalue weighted by molar-refractivity contribution is 0.609. The molecule has 0 saturated heterocycles. The van der Waals surface area contributed by atoms with Gasteiger partial charge >= 0.3 is 0 Å². The lowest BCUT2D eigenvalue weighted by atomic mass is 10.1. The van der Waals surface area contributed by atoms with Crippen LogP contribution in [0.1, 0.15) is 96.8 Å². The van der Waals surface area contributed by atoms with Crippen LogP contribution in [-0.2, 0) is 0 Å². The molecule has 0 aromatic heterocycles. The molecular formula is C18H33N. The van der Waals surface area contributed by atoms with Crippen molar-refractivity contribution in [2.45, 2.75) is 96.8 Å². The van der Waals surface area contributed by atoms with Crippen LogP contribution in [0.4, 0.5) is 0 Å². The molecule has 19 heavy (non-hydrogen) atoms. The number of nitriles is 1. The highest BCUT2D eigenvalue weighted by Crippen LogP contribution is 2.09. The summed E-state index contributed by atoms with van der Waals surface area (Å²) in [4.78, 5) is 0. The Morgan fingerprint density at radius 1 is 0.684 bits per heavy atom. The van der Waals surface area contributed by atoms with E-state index in [4.69, 9.17) is 5.26 Å².